The summed E-state index contributed by atoms with van der Waals surface area (Å²) in [4.78, 5) is 25.8. The monoisotopic (exact) mass is 354 g/mol. The molecule has 0 radical (unpaired) electrons. The van der Waals surface area contributed by atoms with E-state index in [0.29, 0.717) is 31.0 Å². The SMILES string of the molecule is CC(=O)N(CCNC(=O)Cc1ccccc1C)c1ccc2c(c1)OCO2. The third-order valence-corrected chi connectivity index (χ3v) is 4.32. The van der Waals surface area contributed by atoms with Gasteiger partial charge in [0.1, 0.15) is 0 Å². The first kappa shape index (κ1) is 17.8. The van der Waals surface area contributed by atoms with Crippen LogP contribution in [-0.2, 0) is 16.0 Å². The van der Waals surface area contributed by atoms with Gasteiger partial charge in [-0.15, -0.1) is 0 Å². The number of anilines is 1. The first-order valence-corrected chi connectivity index (χ1v) is 8.53. The Labute approximate surface area is 152 Å². The first-order valence-electron chi connectivity index (χ1n) is 8.53. The molecular formula is C20H22N2O4. The Morgan fingerprint density at radius 1 is 1.12 bits per heavy atom. The quantitative estimate of drug-likeness (QED) is 0.865. The van der Waals surface area contributed by atoms with E-state index in [1.165, 1.54) is 6.92 Å². The van der Waals surface area contributed by atoms with Gasteiger partial charge in [0.25, 0.3) is 0 Å². The van der Waals surface area contributed by atoms with E-state index in [0.717, 1.165) is 16.8 Å². The molecule has 2 aromatic carbocycles. The number of hydrogen-bond acceptors (Lipinski definition) is 4. The van der Waals surface area contributed by atoms with Crippen LogP contribution in [0.1, 0.15) is 18.1 Å². The van der Waals surface area contributed by atoms with Gasteiger partial charge in [0, 0.05) is 31.8 Å². The van der Waals surface area contributed by atoms with Gasteiger partial charge in [0.2, 0.25) is 18.6 Å². The first-order chi connectivity index (χ1) is 12.5. The van der Waals surface area contributed by atoms with Crippen LogP contribution in [0.15, 0.2) is 42.5 Å². The molecule has 6 nitrogen and oxygen atoms in total. The second-order valence-electron chi connectivity index (χ2n) is 6.16. The highest BCUT2D eigenvalue weighted by atomic mass is 16.7. The largest absolute Gasteiger partial charge is 0.454 e. The summed E-state index contributed by atoms with van der Waals surface area (Å²) in [5.41, 5.74) is 2.81. The van der Waals surface area contributed by atoms with E-state index in [-0.39, 0.29) is 18.6 Å². The molecule has 0 aromatic heterocycles. The third-order valence-electron chi connectivity index (χ3n) is 4.32. The average molecular weight is 354 g/mol. The van der Waals surface area contributed by atoms with Crippen LogP contribution in [0.5, 0.6) is 11.5 Å². The fourth-order valence-electron chi connectivity index (χ4n) is 2.87. The number of amides is 2. The fourth-order valence-corrected chi connectivity index (χ4v) is 2.87. The Hall–Kier alpha value is -3.02. The van der Waals surface area contributed by atoms with E-state index < -0.39 is 0 Å². The van der Waals surface area contributed by atoms with Gasteiger partial charge in [0.05, 0.1) is 6.42 Å². The highest BCUT2D eigenvalue weighted by molar-refractivity contribution is 5.92. The summed E-state index contributed by atoms with van der Waals surface area (Å²) in [5.74, 6) is 1.13. The zero-order chi connectivity index (χ0) is 18.5. The molecule has 0 unspecified atom stereocenters. The highest BCUT2D eigenvalue weighted by Crippen LogP contribution is 2.35. The third kappa shape index (κ3) is 4.14. The van der Waals surface area contributed by atoms with E-state index in [2.05, 4.69) is 5.32 Å². The lowest BCUT2D eigenvalue weighted by Gasteiger charge is -2.21. The molecule has 136 valence electrons. The lowest BCUT2D eigenvalue weighted by Crippen LogP contribution is -2.38. The Balaban J connectivity index is 1.57. The maximum atomic E-state index is 12.2. The van der Waals surface area contributed by atoms with Gasteiger partial charge in [-0.25, -0.2) is 0 Å². The van der Waals surface area contributed by atoms with Crippen molar-refractivity contribution in [1.29, 1.82) is 0 Å². The molecule has 1 aliphatic rings. The molecule has 1 aliphatic heterocycles. The predicted octanol–water partition coefficient (Wildman–Crippen LogP) is 2.44. The summed E-state index contributed by atoms with van der Waals surface area (Å²) in [6.07, 6.45) is 0.330. The normalized spacial score (nSPS) is 11.9. The molecule has 0 bridgehead atoms. The van der Waals surface area contributed by atoms with E-state index in [1.54, 1.807) is 17.0 Å². The minimum Gasteiger partial charge on any atom is -0.454 e. The molecule has 3 rings (SSSR count). The van der Waals surface area contributed by atoms with Gasteiger partial charge in [-0.05, 0) is 30.2 Å². The number of aryl methyl sites for hydroxylation is 1. The summed E-state index contributed by atoms with van der Waals surface area (Å²) < 4.78 is 10.6. The van der Waals surface area contributed by atoms with Crippen LogP contribution in [0.25, 0.3) is 0 Å². The van der Waals surface area contributed by atoms with Gasteiger partial charge < -0.3 is 19.7 Å². The molecule has 6 heteroatoms. The van der Waals surface area contributed by atoms with Crippen molar-refractivity contribution in [1.82, 2.24) is 5.32 Å². The van der Waals surface area contributed by atoms with Crippen LogP contribution in [0, 0.1) is 6.92 Å². The number of nitrogens with one attached hydrogen (secondary N) is 1. The van der Waals surface area contributed by atoms with Crippen molar-refractivity contribution in [3.63, 3.8) is 0 Å². The van der Waals surface area contributed by atoms with Crippen LogP contribution in [-0.4, -0.2) is 31.7 Å². The predicted molar refractivity (Wildman–Crippen MR) is 98.5 cm³/mol. The van der Waals surface area contributed by atoms with Gasteiger partial charge >= 0.3 is 0 Å². The number of rotatable bonds is 6. The van der Waals surface area contributed by atoms with Gasteiger partial charge in [0.15, 0.2) is 11.5 Å². The van der Waals surface area contributed by atoms with Crippen molar-refractivity contribution < 1.29 is 19.1 Å². The van der Waals surface area contributed by atoms with E-state index >= 15 is 0 Å². The zero-order valence-electron chi connectivity index (χ0n) is 15.0. The second kappa shape index (κ2) is 7.91. The Bertz CT molecular complexity index is 819. The molecule has 2 amide bonds. The average Bonchev–Trinajstić information content (AvgIpc) is 3.08. The topological polar surface area (TPSA) is 67.9 Å². The van der Waals surface area contributed by atoms with Crippen LogP contribution in [0.3, 0.4) is 0 Å². The maximum absolute atomic E-state index is 12.2. The van der Waals surface area contributed by atoms with Crippen LogP contribution in [0.4, 0.5) is 5.69 Å². The van der Waals surface area contributed by atoms with Crippen molar-refractivity contribution in [3.8, 4) is 11.5 Å². The minimum atomic E-state index is -0.1000. The van der Waals surface area contributed by atoms with Crippen molar-refractivity contribution in [2.75, 3.05) is 24.8 Å². The molecule has 0 aliphatic carbocycles. The number of ether oxygens (including phenoxy) is 2. The van der Waals surface area contributed by atoms with Gasteiger partial charge in [-0.2, -0.15) is 0 Å². The number of nitrogens with zero attached hydrogens (tertiary/aromatic N) is 1. The standard InChI is InChI=1S/C20H22N2O4/c1-14-5-3-4-6-16(14)11-20(24)21-9-10-22(15(2)23)17-7-8-18-19(12-17)26-13-25-18/h3-8,12H,9-11,13H2,1-2H3,(H,21,24). The second-order valence-corrected chi connectivity index (χ2v) is 6.16. The smallest absolute Gasteiger partial charge is 0.231 e. The van der Waals surface area contributed by atoms with E-state index in [4.69, 9.17) is 9.47 Å². The maximum Gasteiger partial charge on any atom is 0.231 e. The highest BCUT2D eigenvalue weighted by Gasteiger charge is 2.18. The number of benzene rings is 2. The Kier molecular flexibility index (Phi) is 5.41. The molecular weight excluding hydrogens is 332 g/mol. The molecule has 0 atom stereocenters. The van der Waals surface area contributed by atoms with Crippen molar-refractivity contribution >= 4 is 17.5 Å². The molecule has 0 spiro atoms. The Morgan fingerprint density at radius 3 is 2.65 bits per heavy atom. The van der Waals surface area contributed by atoms with Gasteiger partial charge in [-0.3, -0.25) is 9.59 Å². The molecule has 0 saturated heterocycles. The fraction of sp³-hybridized carbons (Fsp3) is 0.300. The lowest BCUT2D eigenvalue weighted by atomic mass is 10.1. The number of fused-ring (bicyclic) bond motifs is 1. The van der Waals surface area contributed by atoms with Crippen molar-refractivity contribution in [2.45, 2.75) is 20.3 Å². The summed E-state index contributed by atoms with van der Waals surface area (Å²) >= 11 is 0. The number of carbonyl (C=O) groups is 2. The molecule has 26 heavy (non-hydrogen) atoms. The van der Waals surface area contributed by atoms with Crippen LogP contribution >= 0.6 is 0 Å². The molecule has 1 heterocycles. The van der Waals surface area contributed by atoms with Crippen molar-refractivity contribution in [2.24, 2.45) is 0 Å². The summed E-state index contributed by atoms with van der Waals surface area (Å²) in [6, 6.07) is 13.2. The summed E-state index contributed by atoms with van der Waals surface area (Å²) in [6.45, 7) is 4.43. The van der Waals surface area contributed by atoms with Gasteiger partial charge in [-0.1, -0.05) is 24.3 Å². The molecule has 2 aromatic rings. The summed E-state index contributed by atoms with van der Waals surface area (Å²) in [7, 11) is 0. The zero-order valence-corrected chi connectivity index (χ0v) is 15.0. The van der Waals surface area contributed by atoms with Crippen LogP contribution in [0.2, 0.25) is 0 Å². The van der Waals surface area contributed by atoms with Crippen molar-refractivity contribution in [3.05, 3.63) is 53.6 Å². The molecule has 0 fully saturated rings. The molecule has 0 saturated carbocycles. The van der Waals surface area contributed by atoms with E-state index in [9.17, 15) is 9.59 Å². The minimum absolute atomic E-state index is 0.0616. The lowest BCUT2D eigenvalue weighted by molar-refractivity contribution is -0.121. The number of carbonyl (C=O) groups excluding carboxylic acids is 2. The molecule has 1 N–H and O–H groups in total. The summed E-state index contributed by atoms with van der Waals surface area (Å²) in [5, 5.41) is 2.88. The van der Waals surface area contributed by atoms with E-state index in [1.807, 2.05) is 37.3 Å². The van der Waals surface area contributed by atoms with Crippen LogP contribution < -0.4 is 19.7 Å². The Morgan fingerprint density at radius 2 is 1.88 bits per heavy atom. The number of hydrogen-bond donors (Lipinski definition) is 1.